The maximum absolute atomic E-state index is 12.9. The Bertz CT molecular complexity index is 716. The average molecular weight is 369 g/mol. The number of hydrogen-bond acceptors (Lipinski definition) is 3. The molecule has 130 valence electrons. The quantitative estimate of drug-likeness (QED) is 0.905. The molecule has 0 radical (unpaired) electrons. The van der Waals surface area contributed by atoms with Crippen LogP contribution in [0.2, 0.25) is 5.02 Å². The van der Waals surface area contributed by atoms with Crippen LogP contribution in [0, 0.1) is 0 Å². The second-order valence-electron chi connectivity index (χ2n) is 5.86. The standard InChI is InChI=1S/C17H21ClN4O.ClH/c1-3-16-15(17(23)21-8-7-19-12(2)11-21)10-20-22(16)14-6-4-5-13(18)9-14;/h4-6,9-10,12,19H,3,7-8,11H2,1-2H3;1H. The maximum Gasteiger partial charge on any atom is 0.257 e. The number of nitrogens with one attached hydrogen (secondary N) is 1. The molecule has 0 aliphatic carbocycles. The van der Waals surface area contributed by atoms with Gasteiger partial charge in [0, 0.05) is 30.7 Å². The molecule has 7 heteroatoms. The summed E-state index contributed by atoms with van der Waals surface area (Å²) < 4.78 is 1.81. The fourth-order valence-corrected chi connectivity index (χ4v) is 3.19. The van der Waals surface area contributed by atoms with Crippen LogP contribution in [-0.4, -0.2) is 46.3 Å². The molecule has 24 heavy (non-hydrogen) atoms. The molecule has 1 atom stereocenters. The first kappa shape index (κ1) is 18.8. The van der Waals surface area contributed by atoms with Gasteiger partial charge in [-0.25, -0.2) is 4.68 Å². The van der Waals surface area contributed by atoms with Crippen molar-refractivity contribution in [2.24, 2.45) is 0 Å². The van der Waals surface area contributed by atoms with Crippen LogP contribution < -0.4 is 5.32 Å². The minimum atomic E-state index is 0. The third kappa shape index (κ3) is 3.74. The first-order chi connectivity index (χ1) is 11.1. The van der Waals surface area contributed by atoms with Crippen molar-refractivity contribution in [3.63, 3.8) is 0 Å². The van der Waals surface area contributed by atoms with Crippen LogP contribution in [0.1, 0.15) is 29.9 Å². The van der Waals surface area contributed by atoms with Crippen LogP contribution in [0.4, 0.5) is 0 Å². The number of amides is 1. The first-order valence-corrected chi connectivity index (χ1v) is 8.33. The zero-order chi connectivity index (χ0) is 16.4. The fraction of sp³-hybridized carbons (Fsp3) is 0.412. The highest BCUT2D eigenvalue weighted by atomic mass is 35.5. The summed E-state index contributed by atoms with van der Waals surface area (Å²) >= 11 is 6.07. The van der Waals surface area contributed by atoms with E-state index < -0.39 is 0 Å². The largest absolute Gasteiger partial charge is 0.336 e. The Morgan fingerprint density at radius 3 is 2.92 bits per heavy atom. The monoisotopic (exact) mass is 368 g/mol. The number of aromatic nitrogens is 2. The minimum absolute atomic E-state index is 0. The number of carbonyl (C=O) groups excluding carboxylic acids is 1. The molecule has 3 rings (SSSR count). The van der Waals surface area contributed by atoms with Crippen molar-refractivity contribution in [2.45, 2.75) is 26.3 Å². The molecule has 1 unspecified atom stereocenters. The van der Waals surface area contributed by atoms with Crippen LogP contribution in [0.5, 0.6) is 0 Å². The molecule has 2 aromatic rings. The van der Waals surface area contributed by atoms with E-state index in [-0.39, 0.29) is 18.3 Å². The molecule has 5 nitrogen and oxygen atoms in total. The lowest BCUT2D eigenvalue weighted by atomic mass is 10.1. The van der Waals surface area contributed by atoms with Gasteiger partial charge in [-0.05, 0) is 31.5 Å². The number of rotatable bonds is 3. The van der Waals surface area contributed by atoms with E-state index in [4.69, 9.17) is 11.6 Å². The van der Waals surface area contributed by atoms with Crippen molar-refractivity contribution >= 4 is 29.9 Å². The Hall–Kier alpha value is -1.56. The highest BCUT2D eigenvalue weighted by Crippen LogP contribution is 2.20. The van der Waals surface area contributed by atoms with E-state index in [1.54, 1.807) is 6.20 Å². The van der Waals surface area contributed by atoms with Gasteiger partial charge in [0.05, 0.1) is 23.1 Å². The molecule has 1 saturated heterocycles. The van der Waals surface area contributed by atoms with Gasteiger partial charge in [0.2, 0.25) is 0 Å². The molecule has 1 aromatic carbocycles. The summed E-state index contributed by atoms with van der Waals surface area (Å²) in [5.41, 5.74) is 2.48. The summed E-state index contributed by atoms with van der Waals surface area (Å²) in [7, 11) is 0. The Morgan fingerprint density at radius 2 is 2.25 bits per heavy atom. The lowest BCUT2D eigenvalue weighted by Crippen LogP contribution is -2.51. The summed E-state index contributed by atoms with van der Waals surface area (Å²) in [5.74, 6) is 0.0588. The molecule has 1 N–H and O–H groups in total. The second-order valence-corrected chi connectivity index (χ2v) is 6.29. The lowest BCUT2D eigenvalue weighted by molar-refractivity contribution is 0.0708. The molecular formula is C17H22Cl2N4O. The van der Waals surface area contributed by atoms with Crippen molar-refractivity contribution in [2.75, 3.05) is 19.6 Å². The smallest absolute Gasteiger partial charge is 0.257 e. The van der Waals surface area contributed by atoms with E-state index in [1.165, 1.54) is 0 Å². The summed E-state index contributed by atoms with van der Waals surface area (Å²) in [5, 5.41) is 8.44. The average Bonchev–Trinajstić information content (AvgIpc) is 2.98. The van der Waals surface area contributed by atoms with E-state index in [2.05, 4.69) is 17.3 Å². The Morgan fingerprint density at radius 1 is 1.46 bits per heavy atom. The van der Waals surface area contributed by atoms with Crippen LogP contribution in [0.15, 0.2) is 30.5 Å². The van der Waals surface area contributed by atoms with Gasteiger partial charge in [-0.3, -0.25) is 4.79 Å². The van der Waals surface area contributed by atoms with Gasteiger partial charge in [0.1, 0.15) is 0 Å². The summed E-state index contributed by atoms with van der Waals surface area (Å²) in [6.45, 7) is 6.42. The SMILES string of the molecule is CCc1c(C(=O)N2CCNC(C)C2)cnn1-c1cccc(Cl)c1.Cl. The molecule has 2 heterocycles. The van der Waals surface area contributed by atoms with Crippen molar-refractivity contribution in [1.82, 2.24) is 20.0 Å². The Kier molecular flexibility index (Phi) is 6.27. The highest BCUT2D eigenvalue weighted by Gasteiger charge is 2.25. The van der Waals surface area contributed by atoms with Gasteiger partial charge in [-0.15, -0.1) is 12.4 Å². The van der Waals surface area contributed by atoms with Crippen LogP contribution in [0.3, 0.4) is 0 Å². The van der Waals surface area contributed by atoms with Crippen molar-refractivity contribution in [1.29, 1.82) is 0 Å². The number of piperazine rings is 1. The molecule has 1 amide bonds. The molecule has 1 aromatic heterocycles. The number of hydrogen-bond donors (Lipinski definition) is 1. The van der Waals surface area contributed by atoms with E-state index in [0.717, 1.165) is 37.4 Å². The molecule has 1 aliphatic heterocycles. The van der Waals surface area contributed by atoms with Crippen LogP contribution >= 0.6 is 24.0 Å². The zero-order valence-corrected chi connectivity index (χ0v) is 15.4. The molecular weight excluding hydrogens is 347 g/mol. The highest BCUT2D eigenvalue weighted by molar-refractivity contribution is 6.30. The normalized spacial score (nSPS) is 17.5. The van der Waals surface area contributed by atoms with E-state index in [0.29, 0.717) is 16.6 Å². The van der Waals surface area contributed by atoms with E-state index >= 15 is 0 Å². The van der Waals surface area contributed by atoms with E-state index in [9.17, 15) is 4.79 Å². The van der Waals surface area contributed by atoms with Crippen LogP contribution in [0.25, 0.3) is 5.69 Å². The minimum Gasteiger partial charge on any atom is -0.336 e. The Labute approximate surface area is 153 Å². The molecule has 0 bridgehead atoms. The van der Waals surface area contributed by atoms with Gasteiger partial charge in [0.15, 0.2) is 0 Å². The maximum atomic E-state index is 12.9. The molecule has 0 spiro atoms. The molecule has 1 aliphatic rings. The van der Waals surface area contributed by atoms with Crippen molar-refractivity contribution in [3.8, 4) is 5.69 Å². The van der Waals surface area contributed by atoms with Gasteiger partial charge < -0.3 is 10.2 Å². The summed E-state index contributed by atoms with van der Waals surface area (Å²) in [6.07, 6.45) is 2.41. The number of halogens is 2. The fourth-order valence-electron chi connectivity index (χ4n) is 3.01. The van der Waals surface area contributed by atoms with Gasteiger partial charge in [-0.2, -0.15) is 5.10 Å². The first-order valence-electron chi connectivity index (χ1n) is 7.95. The molecule has 0 saturated carbocycles. The third-order valence-electron chi connectivity index (χ3n) is 4.14. The van der Waals surface area contributed by atoms with Gasteiger partial charge in [-0.1, -0.05) is 24.6 Å². The number of carbonyl (C=O) groups is 1. The predicted octanol–water partition coefficient (Wildman–Crippen LogP) is 2.94. The lowest BCUT2D eigenvalue weighted by Gasteiger charge is -2.31. The third-order valence-corrected chi connectivity index (χ3v) is 4.38. The number of nitrogens with zero attached hydrogens (tertiary/aromatic N) is 3. The zero-order valence-electron chi connectivity index (χ0n) is 13.8. The summed E-state index contributed by atoms with van der Waals surface area (Å²) in [6, 6.07) is 7.83. The predicted molar refractivity (Wildman–Crippen MR) is 98.6 cm³/mol. The number of benzene rings is 1. The van der Waals surface area contributed by atoms with Gasteiger partial charge >= 0.3 is 0 Å². The van der Waals surface area contributed by atoms with E-state index in [1.807, 2.05) is 40.8 Å². The van der Waals surface area contributed by atoms with Crippen LogP contribution in [-0.2, 0) is 6.42 Å². The molecule has 1 fully saturated rings. The van der Waals surface area contributed by atoms with Crippen molar-refractivity contribution < 1.29 is 4.79 Å². The Balaban J connectivity index is 0.00000208. The van der Waals surface area contributed by atoms with Gasteiger partial charge in [0.25, 0.3) is 5.91 Å². The second kappa shape index (κ2) is 8.01. The summed E-state index contributed by atoms with van der Waals surface area (Å²) in [4.78, 5) is 14.8. The topological polar surface area (TPSA) is 50.2 Å². The van der Waals surface area contributed by atoms with Crippen molar-refractivity contribution in [3.05, 3.63) is 46.7 Å².